The van der Waals surface area contributed by atoms with Gasteiger partial charge in [0.2, 0.25) is 0 Å². The Morgan fingerprint density at radius 2 is 1.11 bits per heavy atom. The average Bonchev–Trinajstić information content (AvgIpc) is 3.02. The molecule has 0 spiro atoms. The fourth-order valence-corrected chi connectivity index (χ4v) is 18.6. The van der Waals surface area contributed by atoms with Crippen LogP contribution in [-0.4, -0.2) is 16.1 Å². The number of hydrogen-bond acceptors (Lipinski definition) is 0. The Labute approximate surface area is 191 Å². The van der Waals surface area contributed by atoms with Gasteiger partial charge in [-0.25, -0.2) is 0 Å². The van der Waals surface area contributed by atoms with Gasteiger partial charge in [0, 0.05) is 0 Å². The van der Waals surface area contributed by atoms with Crippen LogP contribution in [0, 0.1) is 0 Å². The van der Waals surface area contributed by atoms with Gasteiger partial charge in [-0.3, -0.25) is 0 Å². The molecule has 0 saturated carbocycles. The van der Waals surface area contributed by atoms with Gasteiger partial charge in [0.25, 0.3) is 0 Å². The van der Waals surface area contributed by atoms with E-state index in [-0.39, 0.29) is 24.8 Å². The van der Waals surface area contributed by atoms with E-state index in [9.17, 15) is 0 Å². The van der Waals surface area contributed by atoms with Gasteiger partial charge >= 0.3 is 168 Å². The van der Waals surface area contributed by atoms with Crippen molar-refractivity contribution in [2.24, 2.45) is 0 Å². The second-order valence-electron chi connectivity index (χ2n) is 10.3. The fourth-order valence-electron chi connectivity index (χ4n) is 6.31. The summed E-state index contributed by atoms with van der Waals surface area (Å²) in [6.07, 6.45) is 14.2. The van der Waals surface area contributed by atoms with Crippen LogP contribution in [0.25, 0.3) is 0 Å². The molecule has 0 radical (unpaired) electrons. The van der Waals surface area contributed by atoms with Gasteiger partial charge in [0.15, 0.2) is 0 Å². The Bertz CT molecular complexity index is 709. The molecule has 146 valence electrons. The fraction of sp³-hybridized carbons (Fsp3) is 0.636. The van der Waals surface area contributed by atoms with E-state index in [2.05, 4.69) is 38.3 Å². The third-order valence-corrected chi connectivity index (χ3v) is 20.0. The van der Waals surface area contributed by atoms with Crippen LogP contribution in [-0.2, 0) is 23.2 Å². The van der Waals surface area contributed by atoms with E-state index in [0.29, 0.717) is 0 Å². The first kappa shape index (κ1) is 22.5. The van der Waals surface area contributed by atoms with Crippen LogP contribution >= 0.6 is 0 Å². The van der Waals surface area contributed by atoms with Crippen molar-refractivity contribution in [2.75, 3.05) is 0 Å². The van der Waals surface area contributed by atoms with Crippen molar-refractivity contribution in [3.63, 3.8) is 0 Å². The summed E-state index contributed by atoms with van der Waals surface area (Å²) in [7, 11) is -2.21. The Morgan fingerprint density at radius 3 is 1.52 bits per heavy atom. The van der Waals surface area contributed by atoms with E-state index < -0.39 is 39.4 Å². The summed E-state index contributed by atoms with van der Waals surface area (Å²) in [6.45, 7) is 10.6. The number of halogens is 2. The SMILES string of the molecule is C[Si]1(C)CCCC2=C1C=C1CCC3=CC4=C(CCC[Si]4(C)C)[CH]3[Zr+2][CH]12.[Cl-].[Cl-]. The predicted molar refractivity (Wildman–Crippen MR) is 110 cm³/mol. The van der Waals surface area contributed by atoms with Gasteiger partial charge in [-0.15, -0.1) is 0 Å². The number of fused-ring (bicyclic) bond motifs is 4. The number of hydrogen-bond donors (Lipinski definition) is 0. The van der Waals surface area contributed by atoms with Gasteiger partial charge in [0.1, 0.15) is 0 Å². The molecule has 0 bridgehead atoms. The minimum atomic E-state index is -1.11. The number of allylic oxidation sites excluding steroid dienone is 8. The van der Waals surface area contributed by atoms with Crippen LogP contribution < -0.4 is 24.8 Å². The first-order chi connectivity index (χ1) is 11.9. The summed E-state index contributed by atoms with van der Waals surface area (Å²) < 4.78 is 2.00. The summed E-state index contributed by atoms with van der Waals surface area (Å²) in [6, 6.07) is 3.08. The third kappa shape index (κ3) is 3.60. The average molecular weight is 515 g/mol. The Balaban J connectivity index is 0.00000105. The molecular formula is C22H32Cl2Si2Zr. The van der Waals surface area contributed by atoms with Gasteiger partial charge in [-0.2, -0.15) is 0 Å². The molecule has 5 aliphatic rings. The second kappa shape index (κ2) is 7.84. The monoisotopic (exact) mass is 512 g/mol. The van der Waals surface area contributed by atoms with Crippen molar-refractivity contribution < 1.29 is 48.0 Å². The van der Waals surface area contributed by atoms with Crippen molar-refractivity contribution in [2.45, 2.75) is 84.1 Å². The molecule has 3 aliphatic heterocycles. The van der Waals surface area contributed by atoms with Crippen LogP contribution in [0.3, 0.4) is 0 Å². The molecule has 0 aromatic carbocycles. The quantitative estimate of drug-likeness (QED) is 0.424. The summed E-state index contributed by atoms with van der Waals surface area (Å²) >= 11 is -0.450. The molecule has 5 rings (SSSR count). The maximum absolute atomic E-state index is 2.77. The Hall–Kier alpha value is 0.857. The molecule has 1 saturated heterocycles. The molecular weight excluding hydrogens is 483 g/mol. The molecule has 0 aromatic heterocycles. The number of rotatable bonds is 0. The van der Waals surface area contributed by atoms with Crippen molar-refractivity contribution in [3.8, 4) is 0 Å². The molecule has 2 unspecified atom stereocenters. The Morgan fingerprint density at radius 1 is 0.704 bits per heavy atom. The molecule has 1 fully saturated rings. The van der Waals surface area contributed by atoms with E-state index >= 15 is 0 Å². The maximum Gasteiger partial charge on any atom is -1.00 e. The summed E-state index contributed by atoms with van der Waals surface area (Å²) in [5.41, 5.74) is 7.80. The van der Waals surface area contributed by atoms with Crippen LogP contribution in [0.1, 0.15) is 38.5 Å². The van der Waals surface area contributed by atoms with E-state index in [0.717, 1.165) is 7.25 Å². The third-order valence-electron chi connectivity index (χ3n) is 7.78. The van der Waals surface area contributed by atoms with E-state index in [1.165, 1.54) is 50.6 Å². The molecule has 2 aliphatic carbocycles. The van der Waals surface area contributed by atoms with E-state index in [1.807, 2.05) is 32.7 Å². The van der Waals surface area contributed by atoms with Crippen LogP contribution in [0.2, 0.25) is 45.5 Å². The smallest absolute Gasteiger partial charge is 1.00 e. The van der Waals surface area contributed by atoms with Crippen molar-refractivity contribution in [1.82, 2.24) is 0 Å². The Kier molecular flexibility index (Phi) is 6.55. The standard InChI is InChI=1S/C22H32Si2.2ClH.Zr/c1-23(2)11-5-7-19-13-17(15-21(19)23)9-10-18-14-20-8-6-12-24(3,4)22(20)16-18;;;/h13-16H,5-12H2,1-4H3;2*1H;/q;;;+2/p-2. The maximum atomic E-state index is 2.77. The van der Waals surface area contributed by atoms with E-state index in [4.69, 9.17) is 0 Å². The second-order valence-corrected chi connectivity index (χ2v) is 23.6. The minimum absolute atomic E-state index is 0. The van der Waals surface area contributed by atoms with Crippen LogP contribution in [0.15, 0.2) is 44.8 Å². The zero-order valence-electron chi connectivity index (χ0n) is 17.2. The predicted octanol–water partition coefficient (Wildman–Crippen LogP) is 1.00. The van der Waals surface area contributed by atoms with Gasteiger partial charge in [0.05, 0.1) is 0 Å². The van der Waals surface area contributed by atoms with Gasteiger partial charge in [-0.1, -0.05) is 0 Å². The zero-order valence-corrected chi connectivity index (χ0v) is 23.2. The molecule has 27 heavy (non-hydrogen) atoms. The van der Waals surface area contributed by atoms with Crippen molar-refractivity contribution in [1.29, 1.82) is 0 Å². The molecule has 3 heterocycles. The molecule has 2 atom stereocenters. The van der Waals surface area contributed by atoms with Crippen molar-refractivity contribution >= 4 is 16.1 Å². The molecule has 0 amide bonds. The summed E-state index contributed by atoms with van der Waals surface area (Å²) in [4.78, 5) is 0. The molecule has 0 nitrogen and oxygen atoms in total. The van der Waals surface area contributed by atoms with Crippen LogP contribution in [0.4, 0.5) is 0 Å². The minimum Gasteiger partial charge on any atom is -1.00 e. The normalized spacial score (nSPS) is 32.1. The van der Waals surface area contributed by atoms with Crippen molar-refractivity contribution in [3.05, 3.63) is 44.8 Å². The first-order valence-corrected chi connectivity index (χ1v) is 19.8. The largest absolute Gasteiger partial charge is 1.00 e. The van der Waals surface area contributed by atoms with Gasteiger partial charge in [-0.05, 0) is 0 Å². The van der Waals surface area contributed by atoms with Crippen LogP contribution in [0.5, 0.6) is 0 Å². The summed E-state index contributed by atoms with van der Waals surface area (Å²) in [5, 5.41) is 3.86. The first-order valence-electron chi connectivity index (χ1n) is 10.5. The molecule has 0 N–H and O–H groups in total. The zero-order chi connectivity index (χ0) is 17.4. The van der Waals surface area contributed by atoms with E-state index in [1.54, 1.807) is 0 Å². The molecule has 5 heteroatoms. The van der Waals surface area contributed by atoms with Gasteiger partial charge < -0.3 is 24.8 Å². The molecule has 0 aromatic rings. The summed E-state index contributed by atoms with van der Waals surface area (Å²) in [5.74, 6) is 0. The topological polar surface area (TPSA) is 0 Å².